The van der Waals surface area contributed by atoms with Crippen LogP contribution in [0.5, 0.6) is 0 Å². The summed E-state index contributed by atoms with van der Waals surface area (Å²) >= 11 is 0. The van der Waals surface area contributed by atoms with Crippen molar-refractivity contribution in [1.82, 2.24) is 24.8 Å². The third-order valence-corrected chi connectivity index (χ3v) is 5.92. The van der Waals surface area contributed by atoms with Gasteiger partial charge in [-0.25, -0.2) is 19.3 Å². The fourth-order valence-corrected chi connectivity index (χ4v) is 4.31. The number of hydrogen-bond donors (Lipinski definition) is 1. The van der Waals surface area contributed by atoms with Crippen LogP contribution < -0.4 is 10.2 Å². The second-order valence-electron chi connectivity index (χ2n) is 7.90. The number of fused-ring (bicyclic) bond motifs is 2. The fraction of sp³-hybridized carbons (Fsp3) is 0.364. The van der Waals surface area contributed by atoms with Gasteiger partial charge in [0.05, 0.1) is 18.9 Å². The Kier molecular flexibility index (Phi) is 5.11. The van der Waals surface area contributed by atoms with E-state index >= 15 is 0 Å². The zero-order chi connectivity index (χ0) is 21.3. The summed E-state index contributed by atoms with van der Waals surface area (Å²) in [6.45, 7) is 2.13. The Balaban J connectivity index is 1.30. The molecule has 0 bridgehead atoms. The highest BCUT2D eigenvalue weighted by Crippen LogP contribution is 2.40. The number of benzene rings is 1. The van der Waals surface area contributed by atoms with Crippen molar-refractivity contribution in [1.29, 1.82) is 0 Å². The van der Waals surface area contributed by atoms with Gasteiger partial charge in [0.2, 0.25) is 5.95 Å². The van der Waals surface area contributed by atoms with Crippen LogP contribution in [-0.2, 0) is 28.2 Å². The van der Waals surface area contributed by atoms with Gasteiger partial charge in [0.1, 0.15) is 11.4 Å². The fourth-order valence-electron chi connectivity index (χ4n) is 4.31. The zero-order valence-corrected chi connectivity index (χ0v) is 16.9. The van der Waals surface area contributed by atoms with E-state index in [4.69, 9.17) is 4.74 Å². The van der Waals surface area contributed by atoms with Gasteiger partial charge >= 0.3 is 0 Å². The van der Waals surface area contributed by atoms with Gasteiger partial charge < -0.3 is 19.5 Å². The number of piperidine rings is 1. The van der Waals surface area contributed by atoms with Gasteiger partial charge in [-0.2, -0.15) is 0 Å². The first-order chi connectivity index (χ1) is 15.1. The van der Waals surface area contributed by atoms with Crippen LogP contribution in [0, 0.1) is 5.82 Å². The summed E-state index contributed by atoms with van der Waals surface area (Å²) < 4.78 is 21.6. The van der Waals surface area contributed by atoms with Crippen LogP contribution in [0.4, 0.5) is 10.3 Å². The quantitative estimate of drug-likeness (QED) is 0.693. The molecule has 4 heterocycles. The minimum absolute atomic E-state index is 0.133. The van der Waals surface area contributed by atoms with Gasteiger partial charge in [-0.3, -0.25) is 4.79 Å². The third-order valence-electron chi connectivity index (χ3n) is 5.92. The van der Waals surface area contributed by atoms with Gasteiger partial charge in [0.25, 0.3) is 5.91 Å². The monoisotopic (exact) mass is 422 g/mol. The number of ether oxygens (including phenoxy) is 1. The minimum atomic E-state index is -0.646. The highest BCUT2D eigenvalue weighted by molar-refractivity contribution is 5.81. The van der Waals surface area contributed by atoms with Crippen molar-refractivity contribution in [2.24, 2.45) is 0 Å². The minimum Gasteiger partial charge on any atom is -0.352 e. The van der Waals surface area contributed by atoms with Crippen molar-refractivity contribution in [3.63, 3.8) is 0 Å². The molecule has 1 amide bonds. The van der Waals surface area contributed by atoms with Crippen molar-refractivity contribution in [3.8, 4) is 0 Å². The largest absolute Gasteiger partial charge is 0.352 e. The van der Waals surface area contributed by atoms with Crippen molar-refractivity contribution >= 4 is 11.9 Å². The first-order valence-corrected chi connectivity index (χ1v) is 10.4. The number of amides is 1. The molecule has 3 aromatic rings. The predicted octanol–water partition coefficient (Wildman–Crippen LogP) is 2.02. The summed E-state index contributed by atoms with van der Waals surface area (Å²) in [5, 5.41) is 2.99. The lowest BCUT2D eigenvalue weighted by atomic mass is 9.88. The molecule has 1 N–H and O–H groups in total. The molecule has 1 spiro atoms. The summed E-state index contributed by atoms with van der Waals surface area (Å²) in [5.74, 6) is 0.748. The number of halogens is 1. The van der Waals surface area contributed by atoms with Crippen molar-refractivity contribution in [3.05, 3.63) is 72.3 Å². The molecule has 1 fully saturated rings. The number of nitrogens with one attached hydrogen (secondary N) is 1. The molecule has 5 rings (SSSR count). The number of carbonyl (C=O) groups excluding carboxylic acids is 1. The molecule has 1 aromatic carbocycles. The number of aromatic nitrogens is 4. The van der Waals surface area contributed by atoms with Crippen LogP contribution in [0.3, 0.4) is 0 Å². The molecule has 2 aliphatic heterocycles. The van der Waals surface area contributed by atoms with Gasteiger partial charge in [-0.05, 0) is 5.56 Å². The first-order valence-electron chi connectivity index (χ1n) is 10.4. The number of nitrogens with zero attached hydrogens (tertiary/aromatic N) is 5. The SMILES string of the molecule is O=C(NCc1ccccc1)C1Cn2ccnc2C2(CCN(c3ncc(F)cn3)CC2)O1. The smallest absolute Gasteiger partial charge is 0.251 e. The Morgan fingerprint density at radius 1 is 1.16 bits per heavy atom. The van der Waals surface area contributed by atoms with Gasteiger partial charge in [-0.1, -0.05) is 30.3 Å². The van der Waals surface area contributed by atoms with Crippen LogP contribution in [0.2, 0.25) is 0 Å². The van der Waals surface area contributed by atoms with E-state index in [-0.39, 0.29) is 5.91 Å². The van der Waals surface area contributed by atoms with E-state index in [1.54, 1.807) is 6.20 Å². The lowest BCUT2D eigenvalue weighted by Gasteiger charge is -2.45. The molecular formula is C22H23FN6O2. The average Bonchev–Trinajstić information content (AvgIpc) is 3.29. The molecule has 160 valence electrons. The van der Waals surface area contributed by atoms with E-state index in [1.807, 2.05) is 46.0 Å². The Hall–Kier alpha value is -3.33. The molecule has 0 saturated carbocycles. The predicted molar refractivity (Wildman–Crippen MR) is 111 cm³/mol. The van der Waals surface area contributed by atoms with E-state index in [1.165, 1.54) is 12.4 Å². The number of imidazole rings is 1. The van der Waals surface area contributed by atoms with Crippen LogP contribution in [0.1, 0.15) is 24.2 Å². The van der Waals surface area contributed by atoms with Crippen LogP contribution in [0.25, 0.3) is 0 Å². The number of hydrogen-bond acceptors (Lipinski definition) is 6. The number of rotatable bonds is 4. The number of anilines is 1. The summed E-state index contributed by atoms with van der Waals surface area (Å²) in [6.07, 6.45) is 6.65. The van der Waals surface area contributed by atoms with Gasteiger partial charge in [0.15, 0.2) is 11.9 Å². The van der Waals surface area contributed by atoms with Crippen LogP contribution >= 0.6 is 0 Å². The third kappa shape index (κ3) is 3.88. The Labute approximate surface area is 179 Å². The molecule has 1 unspecified atom stereocenters. The van der Waals surface area contributed by atoms with E-state index in [0.717, 1.165) is 11.4 Å². The lowest BCUT2D eigenvalue weighted by Crippen LogP contribution is -2.54. The Bertz CT molecular complexity index is 1050. The van der Waals surface area contributed by atoms with E-state index < -0.39 is 17.5 Å². The average molecular weight is 422 g/mol. The van der Waals surface area contributed by atoms with E-state index in [0.29, 0.717) is 45.0 Å². The molecule has 0 radical (unpaired) electrons. The summed E-state index contributed by atoms with van der Waals surface area (Å²) in [4.78, 5) is 27.6. The second kappa shape index (κ2) is 8.07. The van der Waals surface area contributed by atoms with E-state index in [2.05, 4.69) is 20.3 Å². The molecular weight excluding hydrogens is 399 g/mol. The molecule has 2 aliphatic rings. The zero-order valence-electron chi connectivity index (χ0n) is 16.9. The topological polar surface area (TPSA) is 85.2 Å². The van der Waals surface area contributed by atoms with Crippen molar-refractivity contribution < 1.29 is 13.9 Å². The van der Waals surface area contributed by atoms with Gasteiger partial charge in [0, 0.05) is 44.9 Å². The maximum absolute atomic E-state index is 13.1. The maximum Gasteiger partial charge on any atom is 0.251 e. The molecule has 2 aromatic heterocycles. The maximum atomic E-state index is 13.1. The first kappa shape index (κ1) is 19.6. The lowest BCUT2D eigenvalue weighted by molar-refractivity contribution is -0.167. The summed E-state index contributed by atoms with van der Waals surface area (Å²) in [6, 6.07) is 9.80. The van der Waals surface area contributed by atoms with E-state index in [9.17, 15) is 9.18 Å². The molecule has 8 nitrogen and oxygen atoms in total. The van der Waals surface area contributed by atoms with Crippen molar-refractivity contribution in [2.75, 3.05) is 18.0 Å². The standard InChI is InChI=1S/C22H23FN6O2/c23-17-13-26-21(27-14-17)28-9-6-22(7-10-28)20-24-8-11-29(20)15-18(31-22)19(30)25-12-16-4-2-1-3-5-16/h1-5,8,11,13-14,18H,6-7,9-10,12,15H2,(H,25,30). The van der Waals surface area contributed by atoms with Crippen LogP contribution in [-0.4, -0.2) is 44.6 Å². The number of carbonyl (C=O) groups is 1. The molecule has 1 atom stereocenters. The highest BCUT2D eigenvalue weighted by atomic mass is 19.1. The summed E-state index contributed by atoms with van der Waals surface area (Å²) in [7, 11) is 0. The van der Waals surface area contributed by atoms with Crippen molar-refractivity contribution in [2.45, 2.75) is 37.6 Å². The highest BCUT2D eigenvalue weighted by Gasteiger charge is 2.47. The molecule has 1 saturated heterocycles. The Morgan fingerprint density at radius 3 is 2.65 bits per heavy atom. The molecule has 0 aliphatic carbocycles. The molecule has 9 heteroatoms. The second-order valence-corrected chi connectivity index (χ2v) is 7.90. The Morgan fingerprint density at radius 2 is 1.90 bits per heavy atom. The summed E-state index contributed by atoms with van der Waals surface area (Å²) in [5.41, 5.74) is 0.393. The van der Waals surface area contributed by atoms with Gasteiger partial charge in [-0.15, -0.1) is 0 Å². The van der Waals surface area contributed by atoms with Crippen LogP contribution in [0.15, 0.2) is 55.1 Å². The molecule has 31 heavy (non-hydrogen) atoms. The normalized spacial score (nSPS) is 19.8.